The molecule has 5 aliphatic rings. The van der Waals surface area contributed by atoms with Crippen LogP contribution in [0.3, 0.4) is 0 Å². The van der Waals surface area contributed by atoms with Crippen molar-refractivity contribution >= 4 is 11.9 Å². The molecule has 9 nitrogen and oxygen atoms in total. The van der Waals surface area contributed by atoms with Crippen molar-refractivity contribution in [2.24, 2.45) is 17.3 Å². The summed E-state index contributed by atoms with van der Waals surface area (Å²) in [6.45, 7) is 5.68. The second kappa shape index (κ2) is 6.50. The minimum Gasteiger partial charge on any atom is -0.456 e. The van der Waals surface area contributed by atoms with Crippen molar-refractivity contribution in [1.82, 2.24) is 30.4 Å². The molecule has 1 saturated heterocycles. The van der Waals surface area contributed by atoms with Crippen molar-refractivity contribution in [3.63, 3.8) is 0 Å². The number of fused-ring (bicyclic) bond motifs is 4. The van der Waals surface area contributed by atoms with Gasteiger partial charge in [-0.25, -0.2) is 9.48 Å². The van der Waals surface area contributed by atoms with Crippen molar-refractivity contribution in [3.05, 3.63) is 40.6 Å². The first-order valence-corrected chi connectivity index (χ1v) is 11.8. The lowest BCUT2D eigenvalue weighted by Crippen LogP contribution is -2.42. The molecule has 2 aromatic rings. The Morgan fingerprint density at radius 2 is 2.18 bits per heavy atom. The first-order valence-electron chi connectivity index (χ1n) is 11.8. The Balaban J connectivity index is 1.02. The molecule has 33 heavy (non-hydrogen) atoms. The van der Waals surface area contributed by atoms with Crippen LogP contribution < -0.4 is 5.32 Å². The molecule has 1 aromatic carbocycles. The largest absolute Gasteiger partial charge is 0.456 e. The average Bonchev–Trinajstić information content (AvgIpc) is 3.12. The van der Waals surface area contributed by atoms with Gasteiger partial charge in [-0.05, 0) is 66.5 Å². The van der Waals surface area contributed by atoms with E-state index in [-0.39, 0.29) is 29.9 Å². The molecular formula is C24H26N6O3. The first-order chi connectivity index (χ1) is 16.0. The van der Waals surface area contributed by atoms with Gasteiger partial charge in [-0.1, -0.05) is 18.2 Å². The van der Waals surface area contributed by atoms with Gasteiger partial charge in [0.2, 0.25) is 5.91 Å². The lowest BCUT2D eigenvalue weighted by Gasteiger charge is -2.33. The van der Waals surface area contributed by atoms with Crippen LogP contribution in [-0.4, -0.2) is 55.7 Å². The number of nitrogens with zero attached hydrogens (tertiary/aromatic N) is 5. The standard InChI is InChI=1S/C24H26N6O3/c1-12-19(11-33-22(12)31)30-13(2)20-18-8-16(5-6-24(18,20)23(30)32)25-9-14-3-4-17-15(7-14)10-29-21(17)26-27-28-29/h3-4,7,13,16,18,20,25H,5-6,8-11H2,1-2H3/t13-,16-,18?,20?,24+/m0/s1. The highest BCUT2D eigenvalue weighted by molar-refractivity contribution is 5.96. The highest BCUT2D eigenvalue weighted by atomic mass is 16.5. The number of amides is 1. The maximum atomic E-state index is 13.5. The summed E-state index contributed by atoms with van der Waals surface area (Å²) in [4.78, 5) is 27.2. The summed E-state index contributed by atoms with van der Waals surface area (Å²) in [5, 5.41) is 15.6. The van der Waals surface area contributed by atoms with Crippen molar-refractivity contribution < 1.29 is 14.3 Å². The van der Waals surface area contributed by atoms with E-state index in [1.165, 1.54) is 11.1 Å². The maximum Gasteiger partial charge on any atom is 0.336 e. The van der Waals surface area contributed by atoms with E-state index in [0.29, 0.717) is 23.5 Å². The third-order valence-electron chi connectivity index (χ3n) is 8.80. The minimum atomic E-state index is -0.295. The van der Waals surface area contributed by atoms with Crippen LogP contribution in [0.1, 0.15) is 44.2 Å². The fraction of sp³-hybridized carbons (Fsp3) is 0.542. The molecule has 170 valence electrons. The van der Waals surface area contributed by atoms with E-state index >= 15 is 0 Å². The van der Waals surface area contributed by atoms with E-state index in [1.54, 1.807) is 6.92 Å². The van der Waals surface area contributed by atoms with Crippen molar-refractivity contribution in [1.29, 1.82) is 0 Å². The molecule has 2 saturated carbocycles. The number of nitrogens with one attached hydrogen (secondary N) is 1. The van der Waals surface area contributed by atoms with Gasteiger partial charge in [0.25, 0.3) is 0 Å². The summed E-state index contributed by atoms with van der Waals surface area (Å²) < 4.78 is 7.01. The molecule has 4 heterocycles. The summed E-state index contributed by atoms with van der Waals surface area (Å²) in [5.41, 5.74) is 4.77. The molecule has 0 bridgehead atoms. The normalized spacial score (nSPS) is 33.7. The summed E-state index contributed by atoms with van der Waals surface area (Å²) >= 11 is 0. The Kier molecular flexibility index (Phi) is 3.82. The van der Waals surface area contributed by atoms with Crippen molar-refractivity contribution in [2.45, 2.75) is 58.3 Å². The molecule has 2 aliphatic carbocycles. The number of carbonyl (C=O) groups is 2. The lowest BCUT2D eigenvalue weighted by molar-refractivity contribution is -0.138. The molecule has 3 aliphatic heterocycles. The Bertz CT molecular complexity index is 1250. The molecule has 9 heteroatoms. The Labute approximate surface area is 191 Å². The number of benzene rings is 1. The summed E-state index contributed by atoms with van der Waals surface area (Å²) in [6, 6.07) is 7.06. The maximum absolute atomic E-state index is 13.5. The first kappa shape index (κ1) is 19.4. The SMILES string of the molecule is CC1=C(N2C(=O)[C@]34CC[C@H](NCc5ccc6c(c5)Cn5nnnc5-6)CC3C4[C@@H]2C)COC1=O. The number of carbonyl (C=O) groups excluding carboxylic acids is 2. The van der Waals surface area contributed by atoms with Gasteiger partial charge in [0.15, 0.2) is 5.82 Å². The Morgan fingerprint density at radius 1 is 1.30 bits per heavy atom. The van der Waals surface area contributed by atoms with Crippen LogP contribution >= 0.6 is 0 Å². The quantitative estimate of drug-likeness (QED) is 0.608. The fourth-order valence-electron chi connectivity index (χ4n) is 7.15. The number of cyclic esters (lactones) is 1. The molecule has 2 unspecified atom stereocenters. The van der Waals surface area contributed by atoms with Crippen LogP contribution in [0, 0.1) is 17.3 Å². The number of esters is 1. The number of hydrogen-bond acceptors (Lipinski definition) is 7. The van der Waals surface area contributed by atoms with E-state index in [1.807, 2.05) is 9.58 Å². The number of ether oxygens (including phenoxy) is 1. The summed E-state index contributed by atoms with van der Waals surface area (Å²) in [7, 11) is 0. The predicted molar refractivity (Wildman–Crippen MR) is 116 cm³/mol. The number of hydrogen-bond donors (Lipinski definition) is 1. The van der Waals surface area contributed by atoms with Gasteiger partial charge in [0.05, 0.1) is 23.2 Å². The summed E-state index contributed by atoms with van der Waals surface area (Å²) in [5.74, 6) is 1.59. The number of tetrazole rings is 1. The van der Waals surface area contributed by atoms with Crippen LogP contribution in [0.15, 0.2) is 29.5 Å². The number of piperidine rings is 1. The fourth-order valence-corrected chi connectivity index (χ4v) is 7.15. The number of rotatable bonds is 4. The van der Waals surface area contributed by atoms with Gasteiger partial charge in [0, 0.05) is 24.2 Å². The lowest BCUT2D eigenvalue weighted by atomic mass is 9.84. The molecule has 1 amide bonds. The van der Waals surface area contributed by atoms with Crippen LogP contribution in [0.5, 0.6) is 0 Å². The van der Waals surface area contributed by atoms with Crippen molar-refractivity contribution in [2.75, 3.05) is 6.61 Å². The van der Waals surface area contributed by atoms with Gasteiger partial charge in [0.1, 0.15) is 6.61 Å². The topological polar surface area (TPSA) is 102 Å². The molecule has 5 atom stereocenters. The Hall–Kier alpha value is -3.07. The van der Waals surface area contributed by atoms with Crippen LogP contribution in [0.2, 0.25) is 0 Å². The highest BCUT2D eigenvalue weighted by Gasteiger charge is 2.78. The van der Waals surface area contributed by atoms with E-state index in [0.717, 1.165) is 49.4 Å². The zero-order valence-corrected chi connectivity index (χ0v) is 18.7. The number of likely N-dealkylation sites (tertiary alicyclic amines) is 1. The van der Waals surface area contributed by atoms with Gasteiger partial charge in [-0.2, -0.15) is 0 Å². The average molecular weight is 447 g/mol. The summed E-state index contributed by atoms with van der Waals surface area (Å²) in [6.07, 6.45) is 2.96. The minimum absolute atomic E-state index is 0.131. The molecule has 0 radical (unpaired) electrons. The highest BCUT2D eigenvalue weighted by Crippen LogP contribution is 2.73. The predicted octanol–water partition coefficient (Wildman–Crippen LogP) is 1.64. The van der Waals surface area contributed by atoms with Crippen molar-refractivity contribution in [3.8, 4) is 11.4 Å². The van der Waals surface area contributed by atoms with Crippen LogP contribution in [-0.2, 0) is 27.4 Å². The smallest absolute Gasteiger partial charge is 0.336 e. The molecule has 1 aromatic heterocycles. The van der Waals surface area contributed by atoms with E-state index in [2.05, 4.69) is 46.0 Å². The second-order valence-electron chi connectivity index (χ2n) is 10.2. The van der Waals surface area contributed by atoms with Gasteiger partial charge in [-0.3, -0.25) is 4.79 Å². The second-order valence-corrected chi connectivity index (χ2v) is 10.2. The van der Waals surface area contributed by atoms with E-state index < -0.39 is 0 Å². The number of aromatic nitrogens is 4. The molecule has 1 spiro atoms. The molecule has 7 rings (SSSR count). The molecule has 3 fully saturated rings. The van der Waals surface area contributed by atoms with Crippen LogP contribution in [0.4, 0.5) is 0 Å². The molecule has 1 N–H and O–H groups in total. The van der Waals surface area contributed by atoms with Gasteiger partial charge < -0.3 is 15.0 Å². The zero-order chi connectivity index (χ0) is 22.5. The Morgan fingerprint density at radius 3 is 3.00 bits per heavy atom. The van der Waals surface area contributed by atoms with Crippen LogP contribution in [0.25, 0.3) is 11.4 Å². The third-order valence-corrected chi connectivity index (χ3v) is 8.80. The van der Waals surface area contributed by atoms with Gasteiger partial charge in [-0.15, -0.1) is 5.10 Å². The van der Waals surface area contributed by atoms with Gasteiger partial charge >= 0.3 is 5.97 Å². The monoisotopic (exact) mass is 446 g/mol. The third kappa shape index (κ3) is 2.48. The van der Waals surface area contributed by atoms with E-state index in [9.17, 15) is 9.59 Å². The zero-order valence-electron chi connectivity index (χ0n) is 18.7. The molecular weight excluding hydrogens is 420 g/mol. The van der Waals surface area contributed by atoms with E-state index in [4.69, 9.17) is 4.74 Å².